The molecule has 0 saturated carbocycles. The highest BCUT2D eigenvalue weighted by molar-refractivity contribution is 7.56. The van der Waals surface area contributed by atoms with Crippen LogP contribution in [0, 0.1) is 0 Å². The zero-order valence-electron chi connectivity index (χ0n) is 12.9. The molecule has 4 nitrogen and oxygen atoms in total. The average Bonchev–Trinajstić information content (AvgIpc) is 2.27. The SMILES string of the molecule is CC(C)=CCC/C(C)=C/CC/C(C)=C(\CO)P(=O)(O)O. The highest BCUT2D eigenvalue weighted by Crippen LogP contribution is 2.46. The molecule has 0 amide bonds. The van der Waals surface area contributed by atoms with Crippen molar-refractivity contribution in [1.82, 2.24) is 0 Å². The van der Waals surface area contributed by atoms with Crippen molar-refractivity contribution < 1.29 is 19.5 Å². The Morgan fingerprint density at radius 1 is 1.00 bits per heavy atom. The summed E-state index contributed by atoms with van der Waals surface area (Å²) in [4.78, 5) is 18.2. The molecule has 0 radical (unpaired) electrons. The molecule has 0 fully saturated rings. The summed E-state index contributed by atoms with van der Waals surface area (Å²) < 4.78 is 11.2. The highest BCUT2D eigenvalue weighted by atomic mass is 31.2. The Hall–Kier alpha value is -0.670. The van der Waals surface area contributed by atoms with Gasteiger partial charge >= 0.3 is 7.60 Å². The fourth-order valence-corrected chi connectivity index (χ4v) is 2.64. The van der Waals surface area contributed by atoms with Crippen LogP contribution in [0.15, 0.2) is 34.2 Å². The second kappa shape index (κ2) is 9.30. The second-order valence-corrected chi connectivity index (χ2v) is 6.97. The van der Waals surface area contributed by atoms with Gasteiger partial charge in [0, 0.05) is 0 Å². The van der Waals surface area contributed by atoms with E-state index in [1.165, 1.54) is 11.1 Å². The quantitative estimate of drug-likeness (QED) is 0.469. The third kappa shape index (κ3) is 8.49. The van der Waals surface area contributed by atoms with Crippen molar-refractivity contribution in [3.05, 3.63) is 34.2 Å². The zero-order valence-corrected chi connectivity index (χ0v) is 13.8. The minimum atomic E-state index is -4.32. The number of allylic oxidation sites excluding steroid dienone is 5. The lowest BCUT2D eigenvalue weighted by atomic mass is 10.1. The number of hydrogen-bond donors (Lipinski definition) is 3. The highest BCUT2D eigenvalue weighted by Gasteiger charge is 2.21. The largest absolute Gasteiger partial charge is 0.391 e. The predicted molar refractivity (Wildman–Crippen MR) is 83.5 cm³/mol. The van der Waals surface area contributed by atoms with Gasteiger partial charge in [-0.2, -0.15) is 0 Å². The Labute approximate surface area is 122 Å². The predicted octanol–water partition coefficient (Wildman–Crippen LogP) is 3.90. The monoisotopic (exact) mass is 302 g/mol. The van der Waals surface area contributed by atoms with Crippen molar-refractivity contribution in [3.8, 4) is 0 Å². The summed E-state index contributed by atoms with van der Waals surface area (Å²) in [5.74, 6) is 0. The number of aliphatic hydroxyl groups excluding tert-OH is 1. The zero-order chi connectivity index (χ0) is 15.8. The first-order chi connectivity index (χ1) is 9.18. The Bertz CT molecular complexity index is 437. The second-order valence-electron chi connectivity index (χ2n) is 5.34. The van der Waals surface area contributed by atoms with Gasteiger partial charge in [0.15, 0.2) is 0 Å². The minimum Gasteiger partial charge on any atom is -0.391 e. The van der Waals surface area contributed by atoms with Crippen molar-refractivity contribution in [2.75, 3.05) is 6.61 Å². The number of rotatable bonds is 8. The van der Waals surface area contributed by atoms with Gasteiger partial charge in [0.2, 0.25) is 0 Å². The van der Waals surface area contributed by atoms with Crippen molar-refractivity contribution in [1.29, 1.82) is 0 Å². The van der Waals surface area contributed by atoms with Crippen LogP contribution in [0.2, 0.25) is 0 Å². The molecular weight excluding hydrogens is 275 g/mol. The Morgan fingerprint density at radius 2 is 1.55 bits per heavy atom. The summed E-state index contributed by atoms with van der Waals surface area (Å²) in [5, 5.41) is 8.89. The number of hydrogen-bond acceptors (Lipinski definition) is 2. The van der Waals surface area contributed by atoms with E-state index < -0.39 is 14.2 Å². The Balaban J connectivity index is 4.44. The summed E-state index contributed by atoms with van der Waals surface area (Å²) in [5.41, 5.74) is 3.16. The van der Waals surface area contributed by atoms with Crippen LogP contribution in [0.3, 0.4) is 0 Å². The lowest BCUT2D eigenvalue weighted by Gasteiger charge is -2.10. The van der Waals surface area contributed by atoms with Gasteiger partial charge in [0.25, 0.3) is 0 Å². The number of aliphatic hydroxyl groups is 1. The van der Waals surface area contributed by atoms with Crippen molar-refractivity contribution in [3.63, 3.8) is 0 Å². The maximum absolute atomic E-state index is 11.2. The maximum Gasteiger partial charge on any atom is 0.354 e. The molecule has 0 bridgehead atoms. The Kier molecular flexibility index (Phi) is 8.99. The van der Waals surface area contributed by atoms with E-state index in [9.17, 15) is 4.57 Å². The van der Waals surface area contributed by atoms with Gasteiger partial charge in [-0.05, 0) is 53.4 Å². The smallest absolute Gasteiger partial charge is 0.354 e. The van der Waals surface area contributed by atoms with Crippen molar-refractivity contribution in [2.45, 2.75) is 53.4 Å². The summed E-state index contributed by atoms with van der Waals surface area (Å²) in [6.45, 7) is 7.29. The molecule has 0 aromatic rings. The van der Waals surface area contributed by atoms with Crippen LogP contribution in [-0.2, 0) is 4.57 Å². The molecular formula is C15H27O4P. The van der Waals surface area contributed by atoms with E-state index in [1.807, 2.05) is 0 Å². The topological polar surface area (TPSA) is 77.8 Å². The summed E-state index contributed by atoms with van der Waals surface area (Å²) in [6, 6.07) is 0. The lowest BCUT2D eigenvalue weighted by Crippen LogP contribution is -1.96. The standard InChI is InChI=1S/C15H27O4P/c1-12(2)7-5-8-13(3)9-6-10-14(4)15(11-16)20(17,18)19/h7,9,16H,5-6,8,10-11H2,1-4H3,(H2,17,18,19)/b13-9+,15-14+. The van der Waals surface area contributed by atoms with E-state index in [0.717, 1.165) is 19.3 Å². The molecule has 0 rings (SSSR count). The van der Waals surface area contributed by atoms with Crippen LogP contribution < -0.4 is 0 Å². The third-order valence-corrected chi connectivity index (χ3v) is 4.32. The molecule has 0 aromatic carbocycles. The third-order valence-electron chi connectivity index (χ3n) is 3.10. The molecule has 20 heavy (non-hydrogen) atoms. The molecule has 0 saturated heterocycles. The average molecular weight is 302 g/mol. The summed E-state index contributed by atoms with van der Waals surface area (Å²) in [6.07, 6.45) is 7.59. The van der Waals surface area contributed by atoms with Crippen molar-refractivity contribution in [2.24, 2.45) is 0 Å². The fraction of sp³-hybridized carbons (Fsp3) is 0.600. The van der Waals surface area contributed by atoms with Gasteiger partial charge in [-0.25, -0.2) is 0 Å². The van der Waals surface area contributed by atoms with Gasteiger partial charge < -0.3 is 14.9 Å². The van der Waals surface area contributed by atoms with E-state index in [2.05, 4.69) is 32.9 Å². The Morgan fingerprint density at radius 3 is 2.00 bits per heavy atom. The first kappa shape index (κ1) is 19.3. The van der Waals surface area contributed by atoms with Crippen LogP contribution in [-0.4, -0.2) is 21.5 Å². The summed E-state index contributed by atoms with van der Waals surface area (Å²) >= 11 is 0. The molecule has 0 atom stereocenters. The van der Waals surface area contributed by atoms with Gasteiger partial charge in [0.05, 0.1) is 11.9 Å². The van der Waals surface area contributed by atoms with Gasteiger partial charge in [-0.3, -0.25) is 4.57 Å². The molecule has 0 aliphatic heterocycles. The molecule has 5 heteroatoms. The molecule has 3 N–H and O–H groups in total. The van der Waals surface area contributed by atoms with Crippen LogP contribution >= 0.6 is 7.60 Å². The molecule has 0 aliphatic carbocycles. The lowest BCUT2D eigenvalue weighted by molar-refractivity contribution is 0.320. The normalized spacial score (nSPS) is 14.1. The van der Waals surface area contributed by atoms with Gasteiger partial charge in [-0.1, -0.05) is 28.9 Å². The molecule has 0 spiro atoms. The van der Waals surface area contributed by atoms with Crippen LogP contribution in [0.25, 0.3) is 0 Å². The van der Waals surface area contributed by atoms with Crippen LogP contribution in [0.4, 0.5) is 0 Å². The summed E-state index contributed by atoms with van der Waals surface area (Å²) in [7, 11) is -4.32. The first-order valence-electron chi connectivity index (χ1n) is 6.83. The van der Waals surface area contributed by atoms with Gasteiger partial charge in [-0.15, -0.1) is 0 Å². The maximum atomic E-state index is 11.2. The molecule has 0 heterocycles. The van der Waals surface area contributed by atoms with Crippen LogP contribution in [0.1, 0.15) is 53.4 Å². The van der Waals surface area contributed by atoms with E-state index in [1.54, 1.807) is 6.92 Å². The van der Waals surface area contributed by atoms with Gasteiger partial charge in [0.1, 0.15) is 0 Å². The van der Waals surface area contributed by atoms with Crippen LogP contribution in [0.5, 0.6) is 0 Å². The van der Waals surface area contributed by atoms with E-state index in [4.69, 9.17) is 14.9 Å². The first-order valence-corrected chi connectivity index (χ1v) is 8.44. The van der Waals surface area contributed by atoms with E-state index in [0.29, 0.717) is 12.0 Å². The molecule has 0 unspecified atom stereocenters. The molecule has 0 aromatic heterocycles. The fourth-order valence-electron chi connectivity index (χ4n) is 1.85. The van der Waals surface area contributed by atoms with E-state index >= 15 is 0 Å². The van der Waals surface area contributed by atoms with Crippen molar-refractivity contribution >= 4 is 7.60 Å². The molecule has 0 aliphatic rings. The minimum absolute atomic E-state index is 0.145. The van der Waals surface area contributed by atoms with E-state index in [-0.39, 0.29) is 5.31 Å². The molecule has 116 valence electrons.